The van der Waals surface area contributed by atoms with Crippen LogP contribution < -0.4 is 20.7 Å². The van der Waals surface area contributed by atoms with E-state index < -0.39 is 49.2 Å². The van der Waals surface area contributed by atoms with Gasteiger partial charge in [-0.25, -0.2) is 9.46 Å². The Labute approximate surface area is 335 Å². The van der Waals surface area contributed by atoms with Crippen molar-refractivity contribution in [2.24, 2.45) is 5.92 Å². The largest absolute Gasteiger partial charge is 0.497 e. The van der Waals surface area contributed by atoms with Crippen molar-refractivity contribution in [3.05, 3.63) is 153 Å². The van der Waals surface area contributed by atoms with Crippen LogP contribution in [0.1, 0.15) is 63.5 Å². The predicted octanol–water partition coefficient (Wildman–Crippen LogP) is 7.62. The molecule has 0 amide bonds. The Bertz CT molecular complexity index is 2110. The Hall–Kier alpha value is -4.86. The molecule has 5 atom stereocenters. The van der Waals surface area contributed by atoms with Crippen LogP contribution in [0, 0.1) is 17.2 Å². The van der Waals surface area contributed by atoms with Crippen molar-refractivity contribution >= 4 is 8.53 Å². The van der Waals surface area contributed by atoms with Crippen molar-refractivity contribution in [2.45, 2.75) is 76.2 Å². The average Bonchev–Trinajstić information content (AvgIpc) is 3.40. The van der Waals surface area contributed by atoms with E-state index in [9.17, 15) is 14.9 Å². The van der Waals surface area contributed by atoms with Crippen LogP contribution >= 0.6 is 8.53 Å². The molecule has 3 aromatic carbocycles. The highest BCUT2D eigenvalue weighted by Crippen LogP contribution is 2.59. The van der Waals surface area contributed by atoms with Crippen LogP contribution in [-0.4, -0.2) is 65.4 Å². The van der Waals surface area contributed by atoms with Gasteiger partial charge in [0.25, 0.3) is 14.1 Å². The van der Waals surface area contributed by atoms with Crippen LogP contribution in [0.3, 0.4) is 0 Å². The molecule has 4 aromatic rings. The number of nitrogens with one attached hydrogen (secondary N) is 1. The van der Waals surface area contributed by atoms with Gasteiger partial charge in [0.1, 0.15) is 35.0 Å². The summed E-state index contributed by atoms with van der Waals surface area (Å²) in [5.41, 5.74) is -0.462. The molecule has 0 radical (unpaired) electrons. The third-order valence-electron chi connectivity index (χ3n) is 10.5. The van der Waals surface area contributed by atoms with Gasteiger partial charge in [-0.05, 0) is 80.6 Å². The van der Waals surface area contributed by atoms with E-state index in [1.807, 2.05) is 78.9 Å². The number of nitrogens with zero attached hydrogens (tertiary/aromatic N) is 3. The van der Waals surface area contributed by atoms with E-state index in [1.165, 1.54) is 16.8 Å². The average molecular weight is 795 g/mol. The van der Waals surface area contributed by atoms with Crippen LogP contribution in [-0.2, 0) is 24.1 Å². The summed E-state index contributed by atoms with van der Waals surface area (Å²) in [5, 5.41) is 9.45. The van der Waals surface area contributed by atoms with Gasteiger partial charge in [0.15, 0.2) is 0 Å². The fourth-order valence-corrected chi connectivity index (χ4v) is 9.79. The first kappa shape index (κ1) is 41.8. The summed E-state index contributed by atoms with van der Waals surface area (Å²) in [5.74, 6) is 0.944. The number of methoxy groups -OCH3 is 2. The number of ether oxygens (including phenoxy) is 4. The van der Waals surface area contributed by atoms with Gasteiger partial charge >= 0.3 is 5.69 Å². The van der Waals surface area contributed by atoms with Gasteiger partial charge in [0.05, 0.1) is 39.9 Å². The molecule has 1 unspecified atom stereocenters. The van der Waals surface area contributed by atoms with Gasteiger partial charge in [0, 0.05) is 30.3 Å². The molecule has 300 valence electrons. The van der Waals surface area contributed by atoms with Crippen LogP contribution in [0.25, 0.3) is 0 Å². The summed E-state index contributed by atoms with van der Waals surface area (Å²) in [4.78, 5) is 28.1. The Morgan fingerprint density at radius 3 is 2.09 bits per heavy atom. The third-order valence-corrected chi connectivity index (χ3v) is 12.6. The van der Waals surface area contributed by atoms with Crippen LogP contribution in [0.15, 0.2) is 125 Å². The normalized spacial score (nSPS) is 21.0. The molecule has 12 nitrogen and oxygen atoms in total. The maximum atomic E-state index is 13.5. The zero-order valence-electron chi connectivity index (χ0n) is 33.3. The second-order valence-corrected chi connectivity index (χ2v) is 16.0. The maximum Gasteiger partial charge on any atom is 0.330 e. The lowest BCUT2D eigenvalue weighted by Gasteiger charge is -2.45. The van der Waals surface area contributed by atoms with Gasteiger partial charge in [-0.3, -0.25) is 14.3 Å². The summed E-state index contributed by atoms with van der Waals surface area (Å²) in [7, 11) is 1.48. The first-order valence-corrected chi connectivity index (χ1v) is 20.2. The second-order valence-electron chi connectivity index (χ2n) is 14.5. The number of H-pyrrole nitrogens is 1. The molecular formula is C44H51N4O8P. The Morgan fingerprint density at radius 2 is 1.56 bits per heavy atom. The van der Waals surface area contributed by atoms with Gasteiger partial charge in [0.2, 0.25) is 0 Å². The minimum Gasteiger partial charge on any atom is -0.497 e. The quantitative estimate of drug-likeness (QED) is 0.0609. The number of hydrogen-bond donors (Lipinski definition) is 1. The summed E-state index contributed by atoms with van der Waals surface area (Å²) in [6.07, 6.45) is 4.30. The lowest BCUT2D eigenvalue weighted by molar-refractivity contribution is -0.137. The lowest BCUT2D eigenvalue weighted by atomic mass is 9.76. The summed E-state index contributed by atoms with van der Waals surface area (Å²) >= 11 is 0. The van der Waals surface area contributed by atoms with Crippen molar-refractivity contribution in [1.82, 2.24) is 14.2 Å². The summed E-state index contributed by atoms with van der Waals surface area (Å²) < 4.78 is 43.1. The van der Waals surface area contributed by atoms with Crippen molar-refractivity contribution in [2.75, 3.05) is 27.4 Å². The smallest absolute Gasteiger partial charge is 0.330 e. The highest BCUT2D eigenvalue weighted by atomic mass is 31.2. The number of fused-ring (bicyclic) bond motifs is 2. The van der Waals surface area contributed by atoms with Crippen LogP contribution in [0.5, 0.6) is 11.5 Å². The molecule has 1 aliphatic carbocycles. The molecule has 2 bridgehead atoms. The summed E-state index contributed by atoms with van der Waals surface area (Å²) in [6.45, 7) is 12.6. The molecule has 2 heterocycles. The zero-order valence-corrected chi connectivity index (χ0v) is 34.2. The predicted molar refractivity (Wildman–Crippen MR) is 219 cm³/mol. The molecule has 0 saturated carbocycles. The number of rotatable bonds is 18. The van der Waals surface area contributed by atoms with Gasteiger partial charge in [-0.2, -0.15) is 5.26 Å². The van der Waals surface area contributed by atoms with E-state index in [1.54, 1.807) is 20.3 Å². The van der Waals surface area contributed by atoms with Gasteiger partial charge < -0.3 is 28.0 Å². The van der Waals surface area contributed by atoms with Crippen LogP contribution in [0.4, 0.5) is 0 Å². The van der Waals surface area contributed by atoms with E-state index >= 15 is 0 Å². The van der Waals surface area contributed by atoms with Crippen molar-refractivity contribution in [3.63, 3.8) is 0 Å². The number of aromatic amines is 1. The molecular weight excluding hydrogens is 743 g/mol. The van der Waals surface area contributed by atoms with E-state index in [2.05, 4.69) is 56.1 Å². The third kappa shape index (κ3) is 8.28. The molecule has 57 heavy (non-hydrogen) atoms. The fourth-order valence-electron chi connectivity index (χ4n) is 7.96. The maximum absolute atomic E-state index is 13.5. The SMILES string of the molecule is C=CC1=CC[C@H]2[C@H](n3ccc(=O)[nH]c3=O)O[C@]1(COC(c1ccccc1)(c1ccc(OC)cc1)c1ccc(OC)cc1)[C@H]2OP(OCCC#N)N(C(C)C)C(C)C. The van der Waals surface area contributed by atoms with E-state index in [0.717, 1.165) is 22.3 Å². The molecule has 6 rings (SSSR count). The number of benzene rings is 3. The lowest BCUT2D eigenvalue weighted by Crippen LogP contribution is -2.52. The summed E-state index contributed by atoms with van der Waals surface area (Å²) in [6, 6.07) is 29.0. The number of nitriles is 1. The topological polar surface area (TPSA) is 137 Å². The molecule has 0 spiro atoms. The second kappa shape index (κ2) is 18.2. The Kier molecular flexibility index (Phi) is 13.3. The highest BCUT2D eigenvalue weighted by Gasteiger charge is 2.62. The molecule has 2 aliphatic rings. The first-order valence-electron chi connectivity index (χ1n) is 19.1. The number of aromatic nitrogens is 2. The van der Waals surface area contributed by atoms with Gasteiger partial charge in [-0.1, -0.05) is 73.3 Å². The molecule has 1 N–H and O–H groups in total. The van der Waals surface area contributed by atoms with Crippen molar-refractivity contribution in [3.8, 4) is 17.6 Å². The molecule has 1 aliphatic heterocycles. The van der Waals surface area contributed by atoms with Gasteiger partial charge in [-0.15, -0.1) is 0 Å². The molecule has 13 heteroatoms. The molecule has 1 saturated heterocycles. The first-order chi connectivity index (χ1) is 27.5. The minimum absolute atomic E-state index is 0.0236. The number of hydrogen-bond acceptors (Lipinski definition) is 10. The Morgan fingerprint density at radius 1 is 0.965 bits per heavy atom. The van der Waals surface area contributed by atoms with E-state index in [0.29, 0.717) is 17.9 Å². The minimum atomic E-state index is -1.78. The number of allylic oxidation sites excluding steroid dienone is 1. The van der Waals surface area contributed by atoms with Crippen molar-refractivity contribution < 1.29 is 28.0 Å². The van der Waals surface area contributed by atoms with Crippen LogP contribution in [0.2, 0.25) is 0 Å². The van der Waals surface area contributed by atoms with Crippen molar-refractivity contribution in [1.29, 1.82) is 5.26 Å². The molecule has 1 aromatic heterocycles. The molecule has 1 fully saturated rings. The fraction of sp³-hybridized carbons (Fsp3) is 0.386. The van der Waals surface area contributed by atoms with E-state index in [-0.39, 0.29) is 31.7 Å². The zero-order chi connectivity index (χ0) is 40.7. The Balaban J connectivity index is 1.56. The standard InChI is InChI=1S/C44H51N4O8P/c1-8-32-19-24-38-40(56-57(54-28-12-26-45)48(30(2)3)31(4)5)43(32,55-41(38)47-27-25-39(49)46-42(47)50)29-53-44(33-13-10-9-11-14-33,34-15-20-36(51-6)21-16-34)35-17-22-37(52-7)23-18-35/h8-11,13-23,25,27,30-31,38,40-41H,1,12,24,28-29H2,2-7H3,(H,46,49,50)/t38-,40+,41-,43+,57?/m1/s1. The monoisotopic (exact) mass is 794 g/mol. The highest BCUT2D eigenvalue weighted by molar-refractivity contribution is 7.44. The van der Waals surface area contributed by atoms with E-state index in [4.69, 9.17) is 28.0 Å².